The molecule has 1 fully saturated rings. The van der Waals surface area contributed by atoms with Crippen molar-refractivity contribution in [1.82, 2.24) is 29.4 Å². The maximum atomic E-state index is 12.6. The number of sulfonamides is 1. The normalized spacial score (nSPS) is 14.7. The summed E-state index contributed by atoms with van der Waals surface area (Å²) in [4.78, 5) is 11.2. The van der Waals surface area contributed by atoms with Gasteiger partial charge in [0.15, 0.2) is 11.5 Å². The molecule has 5 rings (SSSR count). The molecule has 2 aromatic heterocycles. The number of nitrogens with one attached hydrogen (secondary N) is 2. The Bertz CT molecular complexity index is 1430. The summed E-state index contributed by atoms with van der Waals surface area (Å²) in [6.45, 7) is 3.59. The number of nitrogens with zero attached hydrogens (tertiary/aromatic N) is 6. The fourth-order valence-corrected chi connectivity index (χ4v) is 5.27. The highest BCUT2D eigenvalue weighted by molar-refractivity contribution is 7.89. The molecule has 0 bridgehead atoms. The number of hydrogen-bond donors (Lipinski definition) is 2. The molecular weight excluding hydrogens is 476 g/mol. The SMILES string of the molecule is O=S(=O)(NCCCN1CCCC1)c1ccc(/C=N\Nc2ncnc3c2cnn3-c2ccccc2)cc1. The molecule has 0 saturated carbocycles. The zero-order valence-electron chi connectivity index (χ0n) is 19.8. The van der Waals surface area contributed by atoms with Gasteiger partial charge in [-0.3, -0.25) is 5.43 Å². The molecule has 0 radical (unpaired) electrons. The quantitative estimate of drug-likeness (QED) is 0.194. The smallest absolute Gasteiger partial charge is 0.240 e. The van der Waals surface area contributed by atoms with Crippen molar-refractivity contribution in [2.24, 2.45) is 5.10 Å². The highest BCUT2D eigenvalue weighted by Gasteiger charge is 2.15. The van der Waals surface area contributed by atoms with E-state index in [0.29, 0.717) is 18.0 Å². The molecule has 36 heavy (non-hydrogen) atoms. The Balaban J connectivity index is 1.19. The second-order valence-electron chi connectivity index (χ2n) is 8.59. The summed E-state index contributed by atoms with van der Waals surface area (Å²) in [5.74, 6) is 0.524. The molecule has 0 atom stereocenters. The summed E-state index contributed by atoms with van der Waals surface area (Å²) >= 11 is 0. The first kappa shape index (κ1) is 24.0. The van der Waals surface area contributed by atoms with Gasteiger partial charge >= 0.3 is 0 Å². The van der Waals surface area contributed by atoms with E-state index in [9.17, 15) is 8.42 Å². The average molecular weight is 505 g/mol. The van der Waals surface area contributed by atoms with Gasteiger partial charge < -0.3 is 4.90 Å². The zero-order chi connectivity index (χ0) is 24.8. The van der Waals surface area contributed by atoms with Crippen LogP contribution in [0.5, 0.6) is 0 Å². The maximum Gasteiger partial charge on any atom is 0.240 e. The predicted octanol–water partition coefficient (Wildman–Crippen LogP) is 3.03. The second-order valence-corrected chi connectivity index (χ2v) is 10.4. The lowest BCUT2D eigenvalue weighted by Crippen LogP contribution is -2.28. The summed E-state index contributed by atoms with van der Waals surface area (Å²) in [6.07, 6.45) is 8.03. The van der Waals surface area contributed by atoms with Crippen LogP contribution in [-0.4, -0.2) is 65.5 Å². The summed E-state index contributed by atoms with van der Waals surface area (Å²) in [5.41, 5.74) is 5.25. The molecule has 0 aliphatic carbocycles. The molecular formula is C25H28N8O2S. The molecule has 0 unspecified atom stereocenters. The minimum Gasteiger partial charge on any atom is -0.303 e. The molecule has 1 saturated heterocycles. The van der Waals surface area contributed by atoms with Crippen LogP contribution in [0.3, 0.4) is 0 Å². The van der Waals surface area contributed by atoms with Gasteiger partial charge in [0.25, 0.3) is 0 Å². The largest absolute Gasteiger partial charge is 0.303 e. The minimum atomic E-state index is -3.54. The van der Waals surface area contributed by atoms with Crippen molar-refractivity contribution < 1.29 is 8.42 Å². The van der Waals surface area contributed by atoms with E-state index in [-0.39, 0.29) is 4.90 Å². The van der Waals surface area contributed by atoms with Gasteiger partial charge in [-0.15, -0.1) is 0 Å². The fourth-order valence-electron chi connectivity index (χ4n) is 4.19. The van der Waals surface area contributed by atoms with Crippen molar-refractivity contribution in [2.45, 2.75) is 24.2 Å². The third kappa shape index (κ3) is 5.59. The molecule has 2 aromatic carbocycles. The zero-order valence-corrected chi connectivity index (χ0v) is 20.6. The van der Waals surface area contributed by atoms with Gasteiger partial charge in [0.2, 0.25) is 10.0 Å². The van der Waals surface area contributed by atoms with Crippen LogP contribution in [0.2, 0.25) is 0 Å². The Hall–Kier alpha value is -3.67. The van der Waals surface area contributed by atoms with Gasteiger partial charge in [0.05, 0.1) is 28.4 Å². The lowest BCUT2D eigenvalue weighted by atomic mass is 10.2. The Morgan fingerprint density at radius 1 is 1.00 bits per heavy atom. The van der Waals surface area contributed by atoms with Gasteiger partial charge in [0, 0.05) is 6.54 Å². The number of para-hydroxylation sites is 1. The summed E-state index contributed by atoms with van der Waals surface area (Å²) in [7, 11) is -3.54. The highest BCUT2D eigenvalue weighted by Crippen LogP contribution is 2.21. The average Bonchev–Trinajstić information content (AvgIpc) is 3.58. The monoisotopic (exact) mass is 504 g/mol. The second kappa shape index (κ2) is 10.9. The lowest BCUT2D eigenvalue weighted by Gasteiger charge is -2.14. The Kier molecular flexibility index (Phi) is 7.31. The Labute approximate surface area is 210 Å². The van der Waals surface area contributed by atoms with Crippen molar-refractivity contribution in [1.29, 1.82) is 0 Å². The lowest BCUT2D eigenvalue weighted by molar-refractivity contribution is 0.334. The van der Waals surface area contributed by atoms with Crippen molar-refractivity contribution >= 4 is 33.1 Å². The third-order valence-electron chi connectivity index (χ3n) is 6.08. The van der Waals surface area contributed by atoms with E-state index in [1.165, 1.54) is 19.2 Å². The molecule has 1 aliphatic heterocycles. The molecule has 3 heterocycles. The van der Waals surface area contributed by atoms with Crippen LogP contribution in [-0.2, 0) is 10.0 Å². The molecule has 0 spiro atoms. The standard InChI is InChI=1S/C25H28N8O2S/c34-36(35,30-13-6-16-32-14-4-5-15-32)22-11-9-20(10-12-22)17-28-31-24-23-18-29-33(25(23)27-19-26-24)21-7-2-1-3-8-21/h1-3,7-12,17-19,30H,4-6,13-16H2,(H,26,27,31)/b28-17-. The Morgan fingerprint density at radius 3 is 2.56 bits per heavy atom. The number of likely N-dealkylation sites (tertiary alicyclic amines) is 1. The molecule has 186 valence electrons. The summed E-state index contributed by atoms with van der Waals surface area (Å²) in [6, 6.07) is 16.3. The van der Waals surface area contributed by atoms with Crippen LogP contribution < -0.4 is 10.1 Å². The van der Waals surface area contributed by atoms with Crippen LogP contribution in [0.25, 0.3) is 16.7 Å². The predicted molar refractivity (Wildman–Crippen MR) is 140 cm³/mol. The van der Waals surface area contributed by atoms with Gasteiger partial charge in [-0.25, -0.2) is 27.8 Å². The first-order valence-corrected chi connectivity index (χ1v) is 13.4. The third-order valence-corrected chi connectivity index (χ3v) is 7.56. The number of benzene rings is 2. The van der Waals surface area contributed by atoms with Crippen LogP contribution in [0.15, 0.2) is 77.1 Å². The number of fused-ring (bicyclic) bond motifs is 1. The van der Waals surface area contributed by atoms with Gasteiger partial charge in [-0.1, -0.05) is 30.3 Å². The summed E-state index contributed by atoms with van der Waals surface area (Å²) in [5, 5.41) is 9.42. The topological polar surface area (TPSA) is 117 Å². The van der Waals surface area contributed by atoms with E-state index < -0.39 is 10.0 Å². The molecule has 0 amide bonds. The van der Waals surface area contributed by atoms with E-state index in [1.54, 1.807) is 41.4 Å². The molecule has 1 aliphatic rings. The summed E-state index contributed by atoms with van der Waals surface area (Å²) < 4.78 is 29.6. The number of hydrazone groups is 1. The van der Waals surface area contributed by atoms with Crippen LogP contribution in [0.4, 0.5) is 5.82 Å². The molecule has 4 aromatic rings. The molecule has 10 nitrogen and oxygen atoms in total. The fraction of sp³-hybridized carbons (Fsp3) is 0.280. The van der Waals surface area contributed by atoms with Crippen LogP contribution in [0.1, 0.15) is 24.8 Å². The molecule has 11 heteroatoms. The minimum absolute atomic E-state index is 0.236. The van der Waals surface area contributed by atoms with Crippen molar-refractivity contribution in [3.63, 3.8) is 0 Å². The van der Waals surface area contributed by atoms with Crippen molar-refractivity contribution in [3.05, 3.63) is 72.7 Å². The number of aromatic nitrogens is 4. The highest BCUT2D eigenvalue weighted by atomic mass is 32.2. The first-order chi connectivity index (χ1) is 17.6. The van der Waals surface area contributed by atoms with Gasteiger partial charge in [-0.2, -0.15) is 10.2 Å². The maximum absolute atomic E-state index is 12.6. The van der Waals surface area contributed by atoms with E-state index in [4.69, 9.17) is 0 Å². The number of anilines is 1. The van der Waals surface area contributed by atoms with Gasteiger partial charge in [-0.05, 0) is 68.7 Å². The van der Waals surface area contributed by atoms with Crippen LogP contribution >= 0.6 is 0 Å². The van der Waals surface area contributed by atoms with Crippen molar-refractivity contribution in [3.8, 4) is 5.69 Å². The van der Waals surface area contributed by atoms with E-state index >= 15 is 0 Å². The van der Waals surface area contributed by atoms with Crippen molar-refractivity contribution in [2.75, 3.05) is 31.6 Å². The number of hydrogen-bond acceptors (Lipinski definition) is 8. The Morgan fingerprint density at radius 2 is 1.78 bits per heavy atom. The van der Waals surface area contributed by atoms with Crippen LogP contribution in [0, 0.1) is 0 Å². The van der Waals surface area contributed by atoms with E-state index in [2.05, 4.69) is 35.2 Å². The first-order valence-electron chi connectivity index (χ1n) is 12.0. The van der Waals surface area contributed by atoms with E-state index in [0.717, 1.165) is 42.7 Å². The van der Waals surface area contributed by atoms with E-state index in [1.807, 2.05) is 30.3 Å². The molecule has 2 N–H and O–H groups in total. The van der Waals surface area contributed by atoms with Gasteiger partial charge in [0.1, 0.15) is 6.33 Å². The number of rotatable bonds is 10.